The molecule has 240 valence electrons. The molecule has 2 heterocycles. The van der Waals surface area contributed by atoms with Gasteiger partial charge < -0.3 is 14.2 Å². The molecular weight excluding hydrogens is 732 g/mol. The Bertz CT molecular complexity index is 2010. The molecule has 14 heteroatoms. The van der Waals surface area contributed by atoms with E-state index in [1.54, 1.807) is 25.1 Å². The maximum atomic E-state index is 14.4. The summed E-state index contributed by atoms with van der Waals surface area (Å²) >= 11 is 16.6. The number of nitrogens with zero attached hydrogens (tertiary/aromatic N) is 2. The van der Waals surface area contributed by atoms with Gasteiger partial charge in [0.1, 0.15) is 6.61 Å². The molecule has 0 radical (unpaired) electrons. The fourth-order valence-electron chi connectivity index (χ4n) is 4.79. The molecule has 0 aliphatic carbocycles. The van der Waals surface area contributed by atoms with Crippen LogP contribution in [0, 0.1) is 0 Å². The van der Waals surface area contributed by atoms with Gasteiger partial charge in [0, 0.05) is 15.6 Å². The summed E-state index contributed by atoms with van der Waals surface area (Å²) in [6.07, 6.45) is -3.51. The molecule has 0 saturated heterocycles. The number of carbonyl (C=O) groups is 1. The van der Waals surface area contributed by atoms with Gasteiger partial charge in [-0.05, 0) is 77.3 Å². The minimum atomic E-state index is -5.01. The fourth-order valence-corrected chi connectivity index (χ4v) is 6.68. The molecule has 0 unspecified atom stereocenters. The molecule has 0 spiro atoms. The Morgan fingerprint density at radius 3 is 2.43 bits per heavy atom. The molecular formula is C32H24BrCl2F3N2O5S. The van der Waals surface area contributed by atoms with Gasteiger partial charge in [0.15, 0.2) is 22.0 Å². The molecule has 0 bridgehead atoms. The molecule has 0 fully saturated rings. The molecule has 46 heavy (non-hydrogen) atoms. The predicted molar refractivity (Wildman–Crippen MR) is 173 cm³/mol. The zero-order valence-corrected chi connectivity index (χ0v) is 28.1. The summed E-state index contributed by atoms with van der Waals surface area (Å²) in [5.74, 6) is -0.464. The van der Waals surface area contributed by atoms with E-state index in [2.05, 4.69) is 20.9 Å². The summed E-state index contributed by atoms with van der Waals surface area (Å²) in [6, 6.07) is 14.9. The first kappa shape index (κ1) is 33.8. The zero-order valence-electron chi connectivity index (χ0n) is 24.2. The number of rotatable bonds is 9. The third-order valence-electron chi connectivity index (χ3n) is 6.74. The number of fused-ring (bicyclic) bond motifs is 1. The van der Waals surface area contributed by atoms with Crippen molar-refractivity contribution in [1.82, 2.24) is 4.57 Å². The van der Waals surface area contributed by atoms with Crippen molar-refractivity contribution in [3.8, 4) is 11.5 Å². The van der Waals surface area contributed by atoms with Crippen LogP contribution >= 0.6 is 50.5 Å². The summed E-state index contributed by atoms with van der Waals surface area (Å²) in [6.45, 7) is 3.55. The minimum absolute atomic E-state index is 0.0726. The average molecular weight is 756 g/mol. The van der Waals surface area contributed by atoms with Gasteiger partial charge in [-0.3, -0.25) is 9.36 Å². The van der Waals surface area contributed by atoms with Crippen LogP contribution in [0.2, 0.25) is 10.0 Å². The van der Waals surface area contributed by atoms with Crippen LogP contribution in [0.5, 0.6) is 11.5 Å². The Hall–Kier alpha value is -3.58. The number of allylic oxidation sites excluding steroid dienone is 1. The summed E-state index contributed by atoms with van der Waals surface area (Å²) in [7, 11) is 0. The number of ether oxygens (including phenoxy) is 3. The van der Waals surface area contributed by atoms with Crippen molar-refractivity contribution < 1.29 is 32.2 Å². The van der Waals surface area contributed by atoms with Crippen LogP contribution in [-0.4, -0.2) is 29.9 Å². The quantitative estimate of drug-likeness (QED) is 0.167. The molecule has 1 aliphatic rings. The third-order valence-corrected chi connectivity index (χ3v) is 8.93. The molecule has 5 rings (SSSR count). The van der Waals surface area contributed by atoms with Crippen molar-refractivity contribution >= 4 is 62.5 Å². The third kappa shape index (κ3) is 7.05. The lowest BCUT2D eigenvalue weighted by molar-refractivity contribution is -0.140. The molecule has 1 aromatic heterocycles. The molecule has 0 amide bonds. The van der Waals surface area contributed by atoms with Gasteiger partial charge >= 0.3 is 12.1 Å². The van der Waals surface area contributed by atoms with E-state index >= 15 is 0 Å². The average Bonchev–Trinajstić information content (AvgIpc) is 3.31. The predicted octanol–water partition coefficient (Wildman–Crippen LogP) is 7.39. The summed E-state index contributed by atoms with van der Waals surface area (Å²) in [4.78, 5) is 30.5. The first-order valence-corrected chi connectivity index (χ1v) is 16.2. The summed E-state index contributed by atoms with van der Waals surface area (Å²) in [5, 5.41) is 0.865. The number of hydrogen-bond donors (Lipinski definition) is 0. The highest BCUT2D eigenvalue weighted by Crippen LogP contribution is 2.40. The highest BCUT2D eigenvalue weighted by Gasteiger charge is 2.45. The van der Waals surface area contributed by atoms with Gasteiger partial charge in [0.25, 0.3) is 5.56 Å². The number of halogens is 6. The second kappa shape index (κ2) is 14.0. The lowest BCUT2D eigenvalue weighted by Gasteiger charge is -2.26. The SMILES string of the molecule is CCOC(=O)C1=C(C(F)(F)F)N=c2s/c(=C\c3cc(Br)c(OCc4ccccc4Cl)c(OCC)c3)c(=O)n2[C@H]1c1ccc(Cl)cc1. The topological polar surface area (TPSA) is 79.1 Å². The van der Waals surface area contributed by atoms with Crippen molar-refractivity contribution in [3.05, 3.63) is 123 Å². The lowest BCUT2D eigenvalue weighted by atomic mass is 9.95. The number of aromatic nitrogens is 1. The van der Waals surface area contributed by atoms with Crippen molar-refractivity contribution in [3.63, 3.8) is 0 Å². The van der Waals surface area contributed by atoms with Gasteiger partial charge in [0.2, 0.25) is 0 Å². The molecule has 0 saturated carbocycles. The van der Waals surface area contributed by atoms with Crippen molar-refractivity contribution in [1.29, 1.82) is 0 Å². The van der Waals surface area contributed by atoms with Crippen LogP contribution in [0.25, 0.3) is 6.08 Å². The number of hydrogen-bond acceptors (Lipinski definition) is 7. The molecule has 1 aliphatic heterocycles. The van der Waals surface area contributed by atoms with Gasteiger partial charge in [-0.15, -0.1) is 0 Å². The van der Waals surface area contributed by atoms with Crippen LogP contribution < -0.4 is 24.4 Å². The smallest absolute Gasteiger partial charge is 0.434 e. The molecule has 4 aromatic rings. The van der Waals surface area contributed by atoms with E-state index < -0.39 is 35.0 Å². The summed E-state index contributed by atoms with van der Waals surface area (Å²) < 4.78 is 61.7. The summed E-state index contributed by atoms with van der Waals surface area (Å²) in [5.41, 5.74) is -1.40. The Kier molecular flexibility index (Phi) is 10.3. The zero-order chi connectivity index (χ0) is 33.2. The Balaban J connectivity index is 1.65. The number of thiazole rings is 1. The van der Waals surface area contributed by atoms with Crippen LogP contribution in [0.1, 0.15) is 36.6 Å². The number of benzene rings is 3. The van der Waals surface area contributed by atoms with E-state index in [0.29, 0.717) is 38.2 Å². The highest BCUT2D eigenvalue weighted by molar-refractivity contribution is 9.10. The van der Waals surface area contributed by atoms with Gasteiger partial charge in [-0.2, -0.15) is 13.2 Å². The monoisotopic (exact) mass is 754 g/mol. The van der Waals surface area contributed by atoms with Crippen molar-refractivity contribution in [2.75, 3.05) is 13.2 Å². The van der Waals surface area contributed by atoms with Crippen LogP contribution in [-0.2, 0) is 16.1 Å². The van der Waals surface area contributed by atoms with E-state index in [9.17, 15) is 22.8 Å². The number of esters is 1. The lowest BCUT2D eigenvalue weighted by Crippen LogP contribution is -2.41. The van der Waals surface area contributed by atoms with Gasteiger partial charge in [-0.1, -0.05) is 64.9 Å². The van der Waals surface area contributed by atoms with E-state index in [1.807, 2.05) is 18.2 Å². The number of carbonyl (C=O) groups excluding carboxylic acids is 1. The van der Waals surface area contributed by atoms with E-state index in [1.165, 1.54) is 37.3 Å². The second-order valence-electron chi connectivity index (χ2n) is 9.76. The Labute approximate surface area is 283 Å². The van der Waals surface area contributed by atoms with Crippen molar-refractivity contribution in [2.45, 2.75) is 32.7 Å². The maximum Gasteiger partial charge on any atom is 0.434 e. The van der Waals surface area contributed by atoms with Crippen LogP contribution in [0.3, 0.4) is 0 Å². The Morgan fingerprint density at radius 2 is 1.78 bits per heavy atom. The largest absolute Gasteiger partial charge is 0.490 e. The highest BCUT2D eigenvalue weighted by atomic mass is 79.9. The standard InChI is InChI=1S/C32H24BrCl2F3N2O5S/c1-3-43-23-14-17(13-21(33)27(23)45-16-19-7-5-6-8-22(19)35)15-24-29(41)40-26(18-9-11-20(34)12-10-18)25(30(42)44-4-2)28(32(36,37)38)39-31(40)46-24/h5-15,26H,3-4,16H2,1-2H3/b24-15-/t26-/m0/s1. The van der Waals surface area contributed by atoms with E-state index in [-0.39, 0.29) is 28.1 Å². The minimum Gasteiger partial charge on any atom is -0.490 e. The van der Waals surface area contributed by atoms with Crippen LogP contribution in [0.15, 0.2) is 86.2 Å². The molecule has 7 nitrogen and oxygen atoms in total. The molecule has 0 N–H and O–H groups in total. The van der Waals surface area contributed by atoms with Crippen LogP contribution in [0.4, 0.5) is 13.2 Å². The first-order valence-electron chi connectivity index (χ1n) is 13.8. The maximum absolute atomic E-state index is 14.4. The fraction of sp³-hybridized carbons (Fsp3) is 0.219. The number of alkyl halides is 3. The molecule has 3 aromatic carbocycles. The van der Waals surface area contributed by atoms with Crippen molar-refractivity contribution in [2.24, 2.45) is 4.99 Å². The second-order valence-corrected chi connectivity index (χ2v) is 12.5. The first-order chi connectivity index (χ1) is 21.9. The normalized spacial score (nSPS) is 15.0. The Morgan fingerprint density at radius 1 is 1.07 bits per heavy atom. The van der Waals surface area contributed by atoms with E-state index in [0.717, 1.165) is 21.5 Å². The van der Waals surface area contributed by atoms with E-state index in [4.69, 9.17) is 37.4 Å². The molecule has 1 atom stereocenters. The van der Waals surface area contributed by atoms with Gasteiger partial charge in [0.05, 0.1) is 33.8 Å². The van der Waals surface area contributed by atoms with Gasteiger partial charge in [-0.25, -0.2) is 9.79 Å².